The zero-order valence-electron chi connectivity index (χ0n) is 6.27. The summed E-state index contributed by atoms with van der Waals surface area (Å²) in [6.07, 6.45) is 6.16. The molecule has 1 aromatic rings. The van der Waals surface area contributed by atoms with Crippen LogP contribution in [0.25, 0.3) is 0 Å². The van der Waals surface area contributed by atoms with E-state index >= 15 is 0 Å². The van der Waals surface area contributed by atoms with Gasteiger partial charge in [-0.15, -0.1) is 0 Å². The van der Waals surface area contributed by atoms with Crippen LogP contribution in [-0.4, -0.2) is 21.0 Å². The van der Waals surface area contributed by atoms with Crippen LogP contribution in [0.15, 0.2) is 12.4 Å². The van der Waals surface area contributed by atoms with E-state index in [-0.39, 0.29) is 6.10 Å². The minimum absolute atomic E-state index is 0.121. The molecular weight excluding hydrogens is 140 g/mol. The molecule has 0 unspecified atom stereocenters. The largest absolute Gasteiger partial charge is 0.393 e. The van der Waals surface area contributed by atoms with Gasteiger partial charge in [0.2, 0.25) is 0 Å². The second-order valence-corrected chi connectivity index (χ2v) is 3.04. The minimum atomic E-state index is -0.121. The van der Waals surface area contributed by atoms with Crippen molar-refractivity contribution >= 4 is 0 Å². The Hall–Kier alpha value is -0.830. The highest BCUT2D eigenvalue weighted by molar-refractivity contribution is 4.84. The van der Waals surface area contributed by atoms with Gasteiger partial charge in [0, 0.05) is 12.3 Å². The van der Waals surface area contributed by atoms with Crippen molar-refractivity contribution in [1.82, 2.24) is 9.78 Å². The minimum Gasteiger partial charge on any atom is -0.393 e. The Morgan fingerprint density at radius 1 is 1.55 bits per heavy atom. The van der Waals surface area contributed by atoms with Gasteiger partial charge in [-0.1, -0.05) is 0 Å². The zero-order valence-corrected chi connectivity index (χ0v) is 6.27. The topological polar surface area (TPSA) is 38.0 Å². The molecule has 0 spiro atoms. The summed E-state index contributed by atoms with van der Waals surface area (Å²) in [6, 6.07) is 3.29. The SMILES string of the molecule is O[C@@H]1CC[C@H](n2c[c]cn2)C1. The van der Waals surface area contributed by atoms with Crippen molar-refractivity contribution in [3.63, 3.8) is 0 Å². The molecule has 0 amide bonds. The van der Waals surface area contributed by atoms with Gasteiger partial charge >= 0.3 is 0 Å². The molecule has 1 aliphatic rings. The van der Waals surface area contributed by atoms with E-state index in [0.717, 1.165) is 19.3 Å². The fourth-order valence-corrected chi connectivity index (χ4v) is 1.62. The van der Waals surface area contributed by atoms with Gasteiger partial charge in [-0.05, 0) is 19.3 Å². The van der Waals surface area contributed by atoms with Crippen molar-refractivity contribution < 1.29 is 5.11 Å². The molecule has 11 heavy (non-hydrogen) atoms. The van der Waals surface area contributed by atoms with E-state index < -0.39 is 0 Å². The Labute approximate surface area is 65.7 Å². The average Bonchev–Trinajstić information content (AvgIpc) is 2.55. The van der Waals surface area contributed by atoms with Crippen molar-refractivity contribution in [2.75, 3.05) is 0 Å². The molecule has 1 radical (unpaired) electrons. The number of rotatable bonds is 1. The van der Waals surface area contributed by atoms with Crippen molar-refractivity contribution in [2.24, 2.45) is 0 Å². The van der Waals surface area contributed by atoms with Crippen LogP contribution in [-0.2, 0) is 0 Å². The van der Waals surface area contributed by atoms with E-state index in [0.29, 0.717) is 6.04 Å². The summed E-state index contributed by atoms with van der Waals surface area (Å²) < 4.78 is 1.89. The van der Waals surface area contributed by atoms with Gasteiger partial charge < -0.3 is 5.11 Å². The molecule has 2 atom stereocenters. The third-order valence-electron chi connectivity index (χ3n) is 2.22. The maximum atomic E-state index is 9.25. The van der Waals surface area contributed by atoms with E-state index in [1.165, 1.54) is 0 Å². The van der Waals surface area contributed by atoms with Crippen molar-refractivity contribution in [1.29, 1.82) is 0 Å². The molecule has 1 fully saturated rings. The van der Waals surface area contributed by atoms with Gasteiger partial charge in [0.1, 0.15) is 0 Å². The molecule has 2 rings (SSSR count). The fraction of sp³-hybridized carbons (Fsp3) is 0.625. The molecule has 1 N–H and O–H groups in total. The highest BCUT2D eigenvalue weighted by Crippen LogP contribution is 2.28. The highest BCUT2D eigenvalue weighted by Gasteiger charge is 2.23. The quantitative estimate of drug-likeness (QED) is 0.643. The number of aromatic nitrogens is 2. The highest BCUT2D eigenvalue weighted by atomic mass is 16.3. The van der Waals surface area contributed by atoms with Gasteiger partial charge in [-0.3, -0.25) is 4.68 Å². The summed E-state index contributed by atoms with van der Waals surface area (Å²) in [5.74, 6) is 0. The van der Waals surface area contributed by atoms with Crippen molar-refractivity contribution in [3.05, 3.63) is 18.5 Å². The zero-order chi connectivity index (χ0) is 7.68. The number of aliphatic hydroxyl groups excluding tert-OH is 1. The lowest BCUT2D eigenvalue weighted by atomic mass is 10.2. The first-order valence-corrected chi connectivity index (χ1v) is 3.94. The second kappa shape index (κ2) is 2.66. The van der Waals surface area contributed by atoms with Crippen LogP contribution in [0, 0.1) is 6.07 Å². The van der Waals surface area contributed by atoms with Crippen molar-refractivity contribution in [2.45, 2.75) is 31.4 Å². The Morgan fingerprint density at radius 3 is 3.00 bits per heavy atom. The number of hydrogen-bond acceptors (Lipinski definition) is 2. The second-order valence-electron chi connectivity index (χ2n) is 3.04. The summed E-state index contributed by atoms with van der Waals surface area (Å²) in [5, 5.41) is 13.3. The first kappa shape index (κ1) is 6.85. The van der Waals surface area contributed by atoms with Crippen LogP contribution in [0.1, 0.15) is 25.3 Å². The van der Waals surface area contributed by atoms with Crippen LogP contribution in [0.5, 0.6) is 0 Å². The van der Waals surface area contributed by atoms with Crippen molar-refractivity contribution in [3.8, 4) is 0 Å². The summed E-state index contributed by atoms with van der Waals surface area (Å²) in [4.78, 5) is 0. The Balaban J connectivity index is 2.08. The molecule has 59 valence electrons. The predicted octanol–water partition coefficient (Wildman–Crippen LogP) is 0.769. The molecule has 0 saturated heterocycles. The lowest BCUT2D eigenvalue weighted by Gasteiger charge is -2.08. The molecule has 1 aliphatic carbocycles. The van der Waals surface area contributed by atoms with Gasteiger partial charge in [-0.25, -0.2) is 0 Å². The van der Waals surface area contributed by atoms with Gasteiger partial charge in [0.15, 0.2) is 0 Å². The molecule has 0 bridgehead atoms. The first-order valence-electron chi connectivity index (χ1n) is 3.94. The standard InChI is InChI=1S/C8H11N2O/c11-8-3-2-7(6-8)10-5-1-4-9-10/h4-5,7-8,11H,2-3,6H2/t7-,8+/m0/s1. The molecule has 3 heteroatoms. The van der Waals surface area contributed by atoms with Crippen LogP contribution in [0.3, 0.4) is 0 Å². The number of nitrogens with zero attached hydrogens (tertiary/aromatic N) is 2. The molecular formula is C8H11N2O. The Bertz CT molecular complexity index is 220. The summed E-state index contributed by atoms with van der Waals surface area (Å²) in [5.41, 5.74) is 0. The van der Waals surface area contributed by atoms with Crippen LogP contribution in [0.2, 0.25) is 0 Å². The Kier molecular flexibility index (Phi) is 1.66. The van der Waals surface area contributed by atoms with E-state index in [2.05, 4.69) is 11.2 Å². The average molecular weight is 151 g/mol. The van der Waals surface area contributed by atoms with Gasteiger partial charge in [-0.2, -0.15) is 5.10 Å². The third-order valence-corrected chi connectivity index (χ3v) is 2.22. The van der Waals surface area contributed by atoms with E-state index in [1.807, 2.05) is 10.9 Å². The number of hydrogen-bond donors (Lipinski definition) is 1. The fourth-order valence-electron chi connectivity index (χ4n) is 1.62. The number of aliphatic hydroxyl groups is 1. The molecule has 3 nitrogen and oxygen atoms in total. The van der Waals surface area contributed by atoms with E-state index in [9.17, 15) is 5.11 Å². The lowest BCUT2D eigenvalue weighted by molar-refractivity contribution is 0.177. The lowest BCUT2D eigenvalue weighted by Crippen LogP contribution is -2.07. The third kappa shape index (κ3) is 1.28. The molecule has 0 aromatic carbocycles. The Morgan fingerprint density at radius 2 is 2.45 bits per heavy atom. The van der Waals surface area contributed by atoms with E-state index in [1.54, 1.807) is 6.20 Å². The normalized spacial score (nSPS) is 31.0. The smallest absolute Gasteiger partial charge is 0.0569 e. The summed E-state index contributed by atoms with van der Waals surface area (Å²) in [7, 11) is 0. The molecule has 1 saturated carbocycles. The summed E-state index contributed by atoms with van der Waals surface area (Å²) in [6.45, 7) is 0. The van der Waals surface area contributed by atoms with Crippen LogP contribution in [0.4, 0.5) is 0 Å². The molecule has 1 aromatic heterocycles. The van der Waals surface area contributed by atoms with Crippen LogP contribution >= 0.6 is 0 Å². The summed E-state index contributed by atoms with van der Waals surface area (Å²) >= 11 is 0. The maximum absolute atomic E-state index is 9.25. The van der Waals surface area contributed by atoms with Gasteiger partial charge in [0.05, 0.1) is 18.3 Å². The molecule has 0 aliphatic heterocycles. The van der Waals surface area contributed by atoms with E-state index in [4.69, 9.17) is 0 Å². The monoisotopic (exact) mass is 151 g/mol. The first-order chi connectivity index (χ1) is 5.36. The van der Waals surface area contributed by atoms with Gasteiger partial charge in [0.25, 0.3) is 0 Å². The molecule has 1 heterocycles. The predicted molar refractivity (Wildman–Crippen MR) is 40.0 cm³/mol. The van der Waals surface area contributed by atoms with Crippen LogP contribution < -0.4 is 0 Å². The maximum Gasteiger partial charge on any atom is 0.0569 e.